The number of nitrogens with zero attached hydrogens (tertiary/aromatic N) is 1. The van der Waals surface area contributed by atoms with Gasteiger partial charge in [0.25, 0.3) is 5.91 Å². The number of aliphatic hydroxyl groups is 1. The van der Waals surface area contributed by atoms with Crippen molar-refractivity contribution in [2.24, 2.45) is 5.41 Å². The van der Waals surface area contributed by atoms with Gasteiger partial charge >= 0.3 is 0 Å². The molecule has 0 fully saturated rings. The Morgan fingerprint density at radius 2 is 2.05 bits per heavy atom. The highest BCUT2D eigenvalue weighted by molar-refractivity contribution is 9.10. The van der Waals surface area contributed by atoms with Crippen molar-refractivity contribution in [3.8, 4) is 6.07 Å². The molecule has 19 heavy (non-hydrogen) atoms. The Labute approximate surface area is 120 Å². The minimum atomic E-state index is -0.653. The second kappa shape index (κ2) is 5.89. The molecule has 0 aromatic heterocycles. The maximum Gasteiger partial charge on any atom is 0.269 e. The van der Waals surface area contributed by atoms with Gasteiger partial charge in [0.2, 0.25) is 0 Å². The van der Waals surface area contributed by atoms with Crippen LogP contribution < -0.4 is 5.32 Å². The Balaban J connectivity index is 3.03. The van der Waals surface area contributed by atoms with Crippen LogP contribution in [0, 0.1) is 16.7 Å². The monoisotopic (exact) mass is 322 g/mol. The third-order valence-corrected chi connectivity index (χ3v) is 2.86. The fourth-order valence-electron chi connectivity index (χ4n) is 1.35. The van der Waals surface area contributed by atoms with Crippen molar-refractivity contribution < 1.29 is 9.90 Å². The number of hydrogen-bond donors (Lipinski definition) is 2. The number of carbonyl (C=O) groups is 1. The zero-order valence-electron chi connectivity index (χ0n) is 11.0. The number of allylic oxidation sites excluding steroid dienone is 1. The van der Waals surface area contributed by atoms with Gasteiger partial charge in [-0.3, -0.25) is 4.79 Å². The number of nitrogens with one attached hydrogen (secondary N) is 1. The van der Waals surface area contributed by atoms with Gasteiger partial charge in [0.05, 0.1) is 0 Å². The van der Waals surface area contributed by atoms with Crippen molar-refractivity contribution >= 4 is 27.5 Å². The van der Waals surface area contributed by atoms with Gasteiger partial charge in [0.15, 0.2) is 5.57 Å². The van der Waals surface area contributed by atoms with E-state index in [1.807, 2.05) is 6.07 Å². The molecule has 0 saturated heterocycles. The zero-order valence-corrected chi connectivity index (χ0v) is 12.6. The number of aliphatic hydroxyl groups excluding tert-OH is 1. The molecule has 0 saturated carbocycles. The van der Waals surface area contributed by atoms with Gasteiger partial charge in [-0.25, -0.2) is 0 Å². The molecule has 5 heteroatoms. The summed E-state index contributed by atoms with van der Waals surface area (Å²) in [4.78, 5) is 12.0. The van der Waals surface area contributed by atoms with Gasteiger partial charge in [-0.05, 0) is 18.2 Å². The summed E-state index contributed by atoms with van der Waals surface area (Å²) in [6.07, 6.45) is 0. The van der Waals surface area contributed by atoms with Crippen LogP contribution in [0.4, 0.5) is 5.69 Å². The maximum atomic E-state index is 12.0. The maximum absolute atomic E-state index is 12.0. The molecule has 2 N–H and O–H groups in total. The number of anilines is 1. The molecular formula is C14H15BrN2O2. The molecule has 0 aliphatic heterocycles. The highest BCUT2D eigenvalue weighted by Gasteiger charge is 2.25. The third kappa shape index (κ3) is 4.11. The Kier molecular flexibility index (Phi) is 4.73. The summed E-state index contributed by atoms with van der Waals surface area (Å²) in [6.45, 7) is 5.18. The van der Waals surface area contributed by atoms with Crippen LogP contribution in [0.15, 0.2) is 40.1 Å². The van der Waals surface area contributed by atoms with Crippen LogP contribution in [0.2, 0.25) is 0 Å². The molecule has 0 aliphatic carbocycles. The molecule has 1 rings (SSSR count). The van der Waals surface area contributed by atoms with Crippen LogP contribution in [0.1, 0.15) is 20.8 Å². The highest BCUT2D eigenvalue weighted by atomic mass is 79.9. The topological polar surface area (TPSA) is 73.1 Å². The van der Waals surface area contributed by atoms with Crippen LogP contribution in [-0.4, -0.2) is 11.0 Å². The number of halogens is 1. The van der Waals surface area contributed by atoms with E-state index in [1.165, 1.54) is 0 Å². The third-order valence-electron chi connectivity index (χ3n) is 2.37. The molecule has 1 aromatic rings. The van der Waals surface area contributed by atoms with Crippen LogP contribution in [0.5, 0.6) is 0 Å². The molecule has 0 unspecified atom stereocenters. The predicted molar refractivity (Wildman–Crippen MR) is 77.5 cm³/mol. The van der Waals surface area contributed by atoms with Crippen molar-refractivity contribution in [2.45, 2.75) is 20.8 Å². The summed E-state index contributed by atoms with van der Waals surface area (Å²) in [7, 11) is 0. The molecule has 100 valence electrons. The SMILES string of the molecule is CC(C)(C)/C(O)=C(\C#N)C(=O)Nc1cccc(Br)c1. The minimum Gasteiger partial charge on any atom is -0.510 e. The van der Waals surface area contributed by atoms with Crippen molar-refractivity contribution in [3.05, 3.63) is 40.1 Å². The van der Waals surface area contributed by atoms with E-state index >= 15 is 0 Å². The van der Waals surface area contributed by atoms with E-state index in [1.54, 1.807) is 45.0 Å². The number of amides is 1. The fourth-order valence-corrected chi connectivity index (χ4v) is 1.75. The summed E-state index contributed by atoms with van der Waals surface area (Å²) in [6, 6.07) is 8.74. The summed E-state index contributed by atoms with van der Waals surface area (Å²) in [5, 5.41) is 21.5. The molecule has 0 atom stereocenters. The summed E-state index contributed by atoms with van der Waals surface area (Å²) in [5.74, 6) is -0.837. The summed E-state index contributed by atoms with van der Waals surface area (Å²) < 4.78 is 0.813. The van der Waals surface area contributed by atoms with E-state index in [4.69, 9.17) is 5.26 Å². The number of carbonyl (C=O) groups excluding carboxylic acids is 1. The van der Waals surface area contributed by atoms with Crippen LogP contribution >= 0.6 is 15.9 Å². The van der Waals surface area contributed by atoms with Gasteiger partial charge in [-0.15, -0.1) is 0 Å². The smallest absolute Gasteiger partial charge is 0.269 e. The van der Waals surface area contributed by atoms with Crippen LogP contribution in [0.3, 0.4) is 0 Å². The largest absolute Gasteiger partial charge is 0.510 e. The van der Waals surface area contributed by atoms with E-state index in [9.17, 15) is 9.90 Å². The van der Waals surface area contributed by atoms with Crippen molar-refractivity contribution in [2.75, 3.05) is 5.32 Å². The minimum absolute atomic E-state index is 0.220. The number of rotatable bonds is 2. The molecule has 1 aromatic carbocycles. The molecule has 1 amide bonds. The molecule has 0 heterocycles. The average molecular weight is 323 g/mol. The molecule has 0 radical (unpaired) electrons. The first-order chi connectivity index (χ1) is 8.75. The molecular weight excluding hydrogens is 308 g/mol. The zero-order chi connectivity index (χ0) is 14.6. The Morgan fingerprint density at radius 3 is 2.53 bits per heavy atom. The lowest BCUT2D eigenvalue weighted by atomic mass is 9.90. The molecule has 0 spiro atoms. The molecule has 0 aliphatic rings. The highest BCUT2D eigenvalue weighted by Crippen LogP contribution is 2.26. The molecule has 0 bridgehead atoms. The predicted octanol–water partition coefficient (Wildman–Crippen LogP) is 3.77. The lowest BCUT2D eigenvalue weighted by Crippen LogP contribution is -2.20. The second-order valence-corrected chi connectivity index (χ2v) is 5.97. The summed E-state index contributed by atoms with van der Waals surface area (Å²) >= 11 is 3.29. The van der Waals surface area contributed by atoms with Crippen LogP contribution in [-0.2, 0) is 4.79 Å². The van der Waals surface area contributed by atoms with E-state index < -0.39 is 11.3 Å². The van der Waals surface area contributed by atoms with Crippen molar-refractivity contribution in [1.29, 1.82) is 5.26 Å². The van der Waals surface area contributed by atoms with E-state index in [2.05, 4.69) is 21.2 Å². The average Bonchev–Trinajstić information content (AvgIpc) is 2.28. The first-order valence-electron chi connectivity index (χ1n) is 5.66. The van der Waals surface area contributed by atoms with Gasteiger partial charge in [-0.1, -0.05) is 42.8 Å². The van der Waals surface area contributed by atoms with Gasteiger partial charge in [-0.2, -0.15) is 5.26 Å². The van der Waals surface area contributed by atoms with Crippen LogP contribution in [0.25, 0.3) is 0 Å². The second-order valence-electron chi connectivity index (χ2n) is 5.05. The number of hydrogen-bond acceptors (Lipinski definition) is 3. The van der Waals surface area contributed by atoms with E-state index in [0.717, 1.165) is 4.47 Å². The van der Waals surface area contributed by atoms with Gasteiger partial charge < -0.3 is 10.4 Å². The van der Waals surface area contributed by atoms with Crippen molar-refractivity contribution in [1.82, 2.24) is 0 Å². The van der Waals surface area contributed by atoms with Crippen molar-refractivity contribution in [3.63, 3.8) is 0 Å². The lowest BCUT2D eigenvalue weighted by Gasteiger charge is -2.18. The molecule has 4 nitrogen and oxygen atoms in total. The Hall–Kier alpha value is -1.80. The standard InChI is InChI=1S/C14H15BrN2O2/c1-14(2,3)12(18)11(8-16)13(19)17-10-6-4-5-9(15)7-10/h4-7,18H,1-3H3,(H,17,19)/b12-11-. The first-order valence-corrected chi connectivity index (χ1v) is 6.45. The quantitative estimate of drug-likeness (QED) is 0.494. The van der Waals surface area contributed by atoms with Gasteiger partial charge in [0.1, 0.15) is 11.8 Å². The number of benzene rings is 1. The van der Waals surface area contributed by atoms with Gasteiger partial charge in [0, 0.05) is 15.6 Å². The van der Waals surface area contributed by atoms with E-state index in [-0.39, 0.29) is 11.3 Å². The normalized spacial score (nSPS) is 12.4. The number of nitriles is 1. The lowest BCUT2D eigenvalue weighted by molar-refractivity contribution is -0.112. The fraction of sp³-hybridized carbons (Fsp3) is 0.286. The first kappa shape index (κ1) is 15.3. The Morgan fingerprint density at radius 1 is 1.42 bits per heavy atom. The van der Waals surface area contributed by atoms with E-state index in [0.29, 0.717) is 5.69 Å². The Bertz CT molecular complexity index is 566. The summed E-state index contributed by atoms with van der Waals surface area (Å²) in [5.41, 5.74) is -0.374.